The van der Waals surface area contributed by atoms with Crippen LogP contribution in [0.4, 0.5) is 0 Å². The molecular formula is C15H27N. The van der Waals surface area contributed by atoms with Crippen molar-refractivity contribution >= 4 is 0 Å². The molecule has 0 spiro atoms. The third-order valence-corrected chi connectivity index (χ3v) is 4.17. The summed E-state index contributed by atoms with van der Waals surface area (Å²) in [5.74, 6) is 6.33. The molecule has 1 saturated carbocycles. The Bertz CT molecular complexity index is 240. The van der Waals surface area contributed by atoms with Crippen molar-refractivity contribution in [1.29, 1.82) is 0 Å². The summed E-state index contributed by atoms with van der Waals surface area (Å²) in [4.78, 5) is 0. The Morgan fingerprint density at radius 3 is 2.44 bits per heavy atom. The van der Waals surface area contributed by atoms with Crippen molar-refractivity contribution in [1.82, 2.24) is 5.32 Å². The van der Waals surface area contributed by atoms with Gasteiger partial charge >= 0.3 is 0 Å². The van der Waals surface area contributed by atoms with E-state index in [1.54, 1.807) is 0 Å². The van der Waals surface area contributed by atoms with Gasteiger partial charge in [-0.3, -0.25) is 0 Å². The van der Waals surface area contributed by atoms with E-state index in [0.717, 1.165) is 13.0 Å². The summed E-state index contributed by atoms with van der Waals surface area (Å²) >= 11 is 0. The van der Waals surface area contributed by atoms with Gasteiger partial charge in [-0.2, -0.15) is 0 Å². The van der Waals surface area contributed by atoms with Gasteiger partial charge in [-0.05, 0) is 44.6 Å². The molecule has 0 saturated heterocycles. The van der Waals surface area contributed by atoms with Crippen LogP contribution in [-0.2, 0) is 0 Å². The summed E-state index contributed by atoms with van der Waals surface area (Å²) in [6.45, 7) is 7.68. The molecule has 0 bridgehead atoms. The van der Waals surface area contributed by atoms with E-state index in [9.17, 15) is 0 Å². The van der Waals surface area contributed by atoms with Gasteiger partial charge in [0.1, 0.15) is 0 Å². The van der Waals surface area contributed by atoms with Crippen LogP contribution in [0.25, 0.3) is 0 Å². The highest BCUT2D eigenvalue weighted by atomic mass is 14.9. The van der Waals surface area contributed by atoms with Gasteiger partial charge in [0, 0.05) is 12.5 Å². The molecule has 0 heterocycles. The first-order valence-corrected chi connectivity index (χ1v) is 6.92. The zero-order valence-corrected chi connectivity index (χ0v) is 11.2. The lowest BCUT2D eigenvalue weighted by molar-refractivity contribution is 0.188. The molecular weight excluding hydrogens is 194 g/mol. The SMILES string of the molecule is CC#CCC(NCCC)C1(CC)CCCC1. The van der Waals surface area contributed by atoms with E-state index < -0.39 is 0 Å². The van der Waals surface area contributed by atoms with Crippen LogP contribution in [0.2, 0.25) is 0 Å². The lowest BCUT2D eigenvalue weighted by Crippen LogP contribution is -2.43. The van der Waals surface area contributed by atoms with Gasteiger partial charge in [0.05, 0.1) is 0 Å². The Labute approximate surface area is 101 Å². The minimum Gasteiger partial charge on any atom is -0.312 e. The number of rotatable bonds is 6. The Balaban J connectivity index is 2.66. The fourth-order valence-electron chi connectivity index (χ4n) is 3.06. The van der Waals surface area contributed by atoms with E-state index in [-0.39, 0.29) is 0 Å². The van der Waals surface area contributed by atoms with E-state index in [1.165, 1.54) is 38.5 Å². The standard InChI is InChI=1S/C15H27N/c1-4-7-10-14(16-13-5-2)15(6-3)11-8-9-12-15/h14,16H,5-6,8-13H2,1-3H3. The zero-order valence-electron chi connectivity index (χ0n) is 11.2. The Hall–Kier alpha value is -0.480. The molecule has 1 atom stereocenters. The molecule has 1 aliphatic carbocycles. The predicted molar refractivity (Wildman–Crippen MR) is 71.3 cm³/mol. The summed E-state index contributed by atoms with van der Waals surface area (Å²) in [5, 5.41) is 3.74. The molecule has 1 rings (SSSR count). The molecule has 1 nitrogen and oxygen atoms in total. The Morgan fingerprint density at radius 1 is 1.25 bits per heavy atom. The molecule has 1 N–H and O–H groups in total. The lowest BCUT2D eigenvalue weighted by atomic mass is 9.75. The van der Waals surface area contributed by atoms with Crippen LogP contribution < -0.4 is 5.32 Å². The maximum absolute atomic E-state index is 3.74. The average molecular weight is 221 g/mol. The number of nitrogens with one attached hydrogen (secondary N) is 1. The molecule has 1 fully saturated rings. The molecule has 0 aromatic heterocycles. The predicted octanol–water partition coefficient (Wildman–Crippen LogP) is 3.74. The fraction of sp³-hybridized carbons (Fsp3) is 0.867. The van der Waals surface area contributed by atoms with Crippen molar-refractivity contribution in [2.45, 2.75) is 71.8 Å². The van der Waals surface area contributed by atoms with Crippen molar-refractivity contribution in [3.05, 3.63) is 0 Å². The molecule has 1 heteroatoms. The maximum Gasteiger partial charge on any atom is 0.0248 e. The molecule has 0 aromatic carbocycles. The van der Waals surface area contributed by atoms with E-state index in [1.807, 2.05) is 6.92 Å². The van der Waals surface area contributed by atoms with Gasteiger partial charge in [0.15, 0.2) is 0 Å². The van der Waals surface area contributed by atoms with Gasteiger partial charge in [0.25, 0.3) is 0 Å². The van der Waals surface area contributed by atoms with Crippen molar-refractivity contribution in [2.75, 3.05) is 6.54 Å². The van der Waals surface area contributed by atoms with E-state index >= 15 is 0 Å². The van der Waals surface area contributed by atoms with Gasteiger partial charge in [-0.1, -0.05) is 26.7 Å². The third-order valence-electron chi connectivity index (χ3n) is 4.17. The molecule has 0 radical (unpaired) electrons. The number of hydrogen-bond acceptors (Lipinski definition) is 1. The summed E-state index contributed by atoms with van der Waals surface area (Å²) < 4.78 is 0. The van der Waals surface area contributed by atoms with Crippen molar-refractivity contribution < 1.29 is 0 Å². The highest BCUT2D eigenvalue weighted by Gasteiger charge is 2.38. The van der Waals surface area contributed by atoms with Gasteiger partial charge in [-0.25, -0.2) is 0 Å². The van der Waals surface area contributed by atoms with Crippen LogP contribution in [0, 0.1) is 17.3 Å². The van der Waals surface area contributed by atoms with Crippen LogP contribution in [0.15, 0.2) is 0 Å². The molecule has 0 aromatic rings. The highest BCUT2D eigenvalue weighted by molar-refractivity contribution is 5.04. The topological polar surface area (TPSA) is 12.0 Å². The monoisotopic (exact) mass is 221 g/mol. The van der Waals surface area contributed by atoms with Crippen LogP contribution in [0.3, 0.4) is 0 Å². The fourth-order valence-corrected chi connectivity index (χ4v) is 3.06. The van der Waals surface area contributed by atoms with Crippen LogP contribution in [0.5, 0.6) is 0 Å². The smallest absolute Gasteiger partial charge is 0.0248 e. The first-order valence-electron chi connectivity index (χ1n) is 6.92. The molecule has 0 aliphatic heterocycles. The van der Waals surface area contributed by atoms with Gasteiger partial charge in [-0.15, -0.1) is 11.8 Å². The maximum atomic E-state index is 3.74. The average Bonchev–Trinajstić information content (AvgIpc) is 2.79. The summed E-state index contributed by atoms with van der Waals surface area (Å²) in [7, 11) is 0. The van der Waals surface area contributed by atoms with Crippen molar-refractivity contribution in [3.8, 4) is 11.8 Å². The highest BCUT2D eigenvalue weighted by Crippen LogP contribution is 2.44. The summed E-state index contributed by atoms with van der Waals surface area (Å²) in [5.41, 5.74) is 0.541. The van der Waals surface area contributed by atoms with Crippen LogP contribution in [0.1, 0.15) is 65.7 Å². The minimum atomic E-state index is 0.541. The largest absolute Gasteiger partial charge is 0.312 e. The number of hydrogen-bond donors (Lipinski definition) is 1. The van der Waals surface area contributed by atoms with E-state index in [2.05, 4.69) is 31.0 Å². The van der Waals surface area contributed by atoms with Crippen LogP contribution in [-0.4, -0.2) is 12.6 Å². The van der Waals surface area contributed by atoms with Gasteiger partial charge < -0.3 is 5.32 Å². The second-order valence-corrected chi connectivity index (χ2v) is 5.06. The molecule has 16 heavy (non-hydrogen) atoms. The molecule has 1 aliphatic rings. The van der Waals surface area contributed by atoms with Crippen molar-refractivity contribution in [2.24, 2.45) is 5.41 Å². The second-order valence-electron chi connectivity index (χ2n) is 5.06. The van der Waals surface area contributed by atoms with Crippen molar-refractivity contribution in [3.63, 3.8) is 0 Å². The Morgan fingerprint density at radius 2 is 1.94 bits per heavy atom. The molecule has 0 amide bonds. The first kappa shape index (κ1) is 13.6. The zero-order chi connectivity index (χ0) is 11.9. The molecule has 1 unspecified atom stereocenters. The van der Waals surface area contributed by atoms with E-state index in [4.69, 9.17) is 0 Å². The normalized spacial score (nSPS) is 20.2. The second kappa shape index (κ2) is 6.97. The minimum absolute atomic E-state index is 0.541. The quantitative estimate of drug-likeness (QED) is 0.674. The molecule has 92 valence electrons. The lowest BCUT2D eigenvalue weighted by Gasteiger charge is -2.37. The van der Waals surface area contributed by atoms with Gasteiger partial charge in [0.2, 0.25) is 0 Å². The van der Waals surface area contributed by atoms with Crippen LogP contribution >= 0.6 is 0 Å². The Kier molecular flexibility index (Phi) is 5.91. The third kappa shape index (κ3) is 3.25. The first-order chi connectivity index (χ1) is 7.79. The van der Waals surface area contributed by atoms with E-state index in [0.29, 0.717) is 11.5 Å². The summed E-state index contributed by atoms with van der Waals surface area (Å²) in [6.07, 6.45) is 9.18. The summed E-state index contributed by atoms with van der Waals surface area (Å²) in [6, 6.07) is 0.618.